The van der Waals surface area contributed by atoms with Crippen molar-refractivity contribution in [3.63, 3.8) is 0 Å². The molecule has 3 aromatic heterocycles. The first-order valence-electron chi connectivity index (χ1n) is 18.8. The summed E-state index contributed by atoms with van der Waals surface area (Å²) in [5.74, 6) is 1.72. The summed E-state index contributed by atoms with van der Waals surface area (Å²) in [6.07, 6.45) is 0. The molecule has 0 aliphatic carbocycles. The van der Waals surface area contributed by atoms with Crippen LogP contribution in [-0.2, 0) is 0 Å². The van der Waals surface area contributed by atoms with Crippen molar-refractivity contribution < 1.29 is 8.83 Å². The average Bonchev–Trinajstić information content (AvgIpc) is 3.84. The molecule has 0 unspecified atom stereocenters. The van der Waals surface area contributed by atoms with Gasteiger partial charge in [0.05, 0.1) is 0 Å². The van der Waals surface area contributed by atoms with E-state index >= 15 is 0 Å². The van der Waals surface area contributed by atoms with E-state index in [-0.39, 0.29) is 0 Å². The Bertz CT molecular complexity index is 3540. The van der Waals surface area contributed by atoms with E-state index < -0.39 is 0 Å². The molecule has 0 saturated carbocycles. The maximum absolute atomic E-state index is 6.47. The molecule has 56 heavy (non-hydrogen) atoms. The van der Waals surface area contributed by atoms with Gasteiger partial charge in [-0.3, -0.25) is 0 Å². The number of hydrogen-bond acceptors (Lipinski definition) is 5. The van der Waals surface area contributed by atoms with Gasteiger partial charge < -0.3 is 8.83 Å². The second kappa shape index (κ2) is 11.9. The summed E-state index contributed by atoms with van der Waals surface area (Å²) in [6, 6.07) is 61.0. The molecule has 12 rings (SSSR count). The lowest BCUT2D eigenvalue weighted by molar-refractivity contribution is 0.668. The van der Waals surface area contributed by atoms with E-state index in [0.717, 1.165) is 82.5 Å². The number of nitrogens with zero attached hydrogens (tertiary/aromatic N) is 3. The Kier molecular flexibility index (Phi) is 6.56. The molecule has 0 bridgehead atoms. The molecule has 0 radical (unpaired) electrons. The Morgan fingerprint density at radius 2 is 0.821 bits per heavy atom. The van der Waals surface area contributed by atoms with Gasteiger partial charge >= 0.3 is 0 Å². The molecule has 5 nitrogen and oxygen atoms in total. The molecular formula is C51H29N3O2. The lowest BCUT2D eigenvalue weighted by atomic mass is 9.95. The smallest absolute Gasteiger partial charge is 0.164 e. The van der Waals surface area contributed by atoms with Crippen LogP contribution in [0.3, 0.4) is 0 Å². The maximum atomic E-state index is 6.47. The van der Waals surface area contributed by atoms with Crippen molar-refractivity contribution in [2.75, 3.05) is 0 Å². The maximum Gasteiger partial charge on any atom is 0.164 e. The Labute approximate surface area is 320 Å². The van der Waals surface area contributed by atoms with Gasteiger partial charge in [-0.15, -0.1) is 0 Å². The number of benzene rings is 9. The van der Waals surface area contributed by atoms with Crippen molar-refractivity contribution in [3.05, 3.63) is 176 Å². The zero-order valence-corrected chi connectivity index (χ0v) is 29.9. The molecule has 0 atom stereocenters. The summed E-state index contributed by atoms with van der Waals surface area (Å²) in [6.45, 7) is 0. The van der Waals surface area contributed by atoms with Crippen molar-refractivity contribution in [3.8, 4) is 45.3 Å². The first kappa shape index (κ1) is 30.8. The van der Waals surface area contributed by atoms with Gasteiger partial charge in [-0.2, -0.15) is 0 Å². The summed E-state index contributed by atoms with van der Waals surface area (Å²) in [5.41, 5.74) is 8.10. The molecule has 0 aliphatic heterocycles. The predicted octanol–water partition coefficient (Wildman–Crippen LogP) is 13.8. The van der Waals surface area contributed by atoms with Crippen molar-refractivity contribution in [2.45, 2.75) is 0 Å². The molecule has 9 aromatic carbocycles. The van der Waals surface area contributed by atoms with Crippen LogP contribution in [0.25, 0.3) is 121 Å². The molecule has 260 valence electrons. The minimum Gasteiger partial charge on any atom is -0.456 e. The molecule has 5 heteroatoms. The van der Waals surface area contributed by atoms with Crippen molar-refractivity contribution in [1.29, 1.82) is 0 Å². The lowest BCUT2D eigenvalue weighted by Gasteiger charge is -2.12. The van der Waals surface area contributed by atoms with Crippen LogP contribution in [0.4, 0.5) is 0 Å². The summed E-state index contributed by atoms with van der Waals surface area (Å²) < 4.78 is 12.8. The first-order valence-corrected chi connectivity index (χ1v) is 18.8. The quantitative estimate of drug-likeness (QED) is 0.170. The van der Waals surface area contributed by atoms with Gasteiger partial charge in [0.2, 0.25) is 0 Å². The van der Waals surface area contributed by atoms with Crippen LogP contribution >= 0.6 is 0 Å². The average molecular weight is 716 g/mol. The molecule has 3 heterocycles. The number of para-hydroxylation sites is 1. The van der Waals surface area contributed by atoms with Gasteiger partial charge in [0.15, 0.2) is 17.5 Å². The third-order valence-corrected chi connectivity index (χ3v) is 11.1. The molecule has 0 N–H and O–H groups in total. The molecule has 0 fully saturated rings. The van der Waals surface area contributed by atoms with Crippen LogP contribution in [0.15, 0.2) is 185 Å². The largest absolute Gasteiger partial charge is 0.456 e. The fourth-order valence-electron chi connectivity index (χ4n) is 8.49. The minimum absolute atomic E-state index is 0.566. The SMILES string of the molecule is c1ccc(-c2ccc3oc4cccc(-c5nc(-c6ccc7ccc8ccc9ccccc9c8c7c6)nc(-c6cccc7oc8ccccc8c67)n5)c4c3c2)cc1. The number of aromatic nitrogens is 3. The normalized spacial score (nSPS) is 11.9. The monoisotopic (exact) mass is 715 g/mol. The van der Waals surface area contributed by atoms with E-state index in [4.69, 9.17) is 23.8 Å². The highest BCUT2D eigenvalue weighted by Crippen LogP contribution is 2.41. The Hall–Kier alpha value is -7.63. The van der Waals surface area contributed by atoms with Gasteiger partial charge in [0.1, 0.15) is 22.3 Å². The Balaban J connectivity index is 1.15. The summed E-state index contributed by atoms with van der Waals surface area (Å²) in [5, 5.41) is 11.1. The van der Waals surface area contributed by atoms with Gasteiger partial charge in [0, 0.05) is 38.2 Å². The number of hydrogen-bond donors (Lipinski definition) is 0. The lowest BCUT2D eigenvalue weighted by Crippen LogP contribution is -2.01. The van der Waals surface area contributed by atoms with Crippen LogP contribution in [0.5, 0.6) is 0 Å². The topological polar surface area (TPSA) is 65.0 Å². The van der Waals surface area contributed by atoms with E-state index in [2.05, 4.69) is 127 Å². The summed E-state index contributed by atoms with van der Waals surface area (Å²) in [7, 11) is 0. The van der Waals surface area contributed by atoms with Crippen molar-refractivity contribution in [2.24, 2.45) is 0 Å². The highest BCUT2D eigenvalue weighted by atomic mass is 16.3. The second-order valence-corrected chi connectivity index (χ2v) is 14.3. The molecule has 0 spiro atoms. The van der Waals surface area contributed by atoms with E-state index in [1.165, 1.54) is 21.5 Å². The van der Waals surface area contributed by atoms with E-state index in [1.54, 1.807) is 0 Å². The highest BCUT2D eigenvalue weighted by Gasteiger charge is 2.21. The van der Waals surface area contributed by atoms with Crippen LogP contribution in [0.2, 0.25) is 0 Å². The molecule has 0 saturated heterocycles. The van der Waals surface area contributed by atoms with Gasteiger partial charge in [-0.05, 0) is 79.8 Å². The van der Waals surface area contributed by atoms with Gasteiger partial charge in [-0.1, -0.05) is 140 Å². The first-order chi connectivity index (χ1) is 27.7. The van der Waals surface area contributed by atoms with Crippen molar-refractivity contribution >= 4 is 76.2 Å². The number of fused-ring (bicyclic) bond motifs is 11. The van der Waals surface area contributed by atoms with Crippen LogP contribution in [0, 0.1) is 0 Å². The standard InChI is InChI=1S/C51H29N3O2/c1-2-10-30(11-3-1)34-26-27-43-41(28-34)48-39(16-9-19-45(48)56-43)51-53-49(52-50(54-51)38-15-8-18-44-47(38)37-14-6-7-17-42(37)55-44)35-25-22-32-21-24-33-23-20-31-12-4-5-13-36(31)46(33)40(32)29-35/h1-29H. The number of furan rings is 2. The third kappa shape index (κ3) is 4.71. The van der Waals surface area contributed by atoms with Crippen LogP contribution < -0.4 is 0 Å². The van der Waals surface area contributed by atoms with E-state index in [0.29, 0.717) is 17.5 Å². The molecule has 12 aromatic rings. The Morgan fingerprint density at radius 3 is 1.59 bits per heavy atom. The molecular weight excluding hydrogens is 687 g/mol. The van der Waals surface area contributed by atoms with Gasteiger partial charge in [0.25, 0.3) is 0 Å². The zero-order valence-electron chi connectivity index (χ0n) is 29.9. The van der Waals surface area contributed by atoms with Crippen LogP contribution in [-0.4, -0.2) is 15.0 Å². The summed E-state index contributed by atoms with van der Waals surface area (Å²) in [4.78, 5) is 15.9. The minimum atomic E-state index is 0.566. The predicted molar refractivity (Wildman–Crippen MR) is 229 cm³/mol. The highest BCUT2D eigenvalue weighted by molar-refractivity contribution is 6.21. The van der Waals surface area contributed by atoms with Crippen LogP contribution in [0.1, 0.15) is 0 Å². The van der Waals surface area contributed by atoms with Crippen molar-refractivity contribution in [1.82, 2.24) is 15.0 Å². The molecule has 0 aliphatic rings. The second-order valence-electron chi connectivity index (χ2n) is 14.3. The third-order valence-electron chi connectivity index (χ3n) is 11.1. The van der Waals surface area contributed by atoms with E-state index in [9.17, 15) is 0 Å². The summed E-state index contributed by atoms with van der Waals surface area (Å²) >= 11 is 0. The van der Waals surface area contributed by atoms with E-state index in [1.807, 2.05) is 48.5 Å². The van der Waals surface area contributed by atoms with Gasteiger partial charge in [-0.25, -0.2) is 15.0 Å². The zero-order chi connectivity index (χ0) is 36.7. The Morgan fingerprint density at radius 1 is 0.286 bits per heavy atom. The number of rotatable bonds is 4. The molecule has 0 amide bonds. The fourth-order valence-corrected chi connectivity index (χ4v) is 8.49. The fraction of sp³-hybridized carbons (Fsp3) is 0.